The van der Waals surface area contributed by atoms with Crippen LogP contribution in [0.2, 0.25) is 0 Å². The molecule has 1 aromatic carbocycles. The topological polar surface area (TPSA) is 66.9 Å². The van der Waals surface area contributed by atoms with Crippen LogP contribution in [0.4, 0.5) is 11.5 Å². The normalized spacial score (nSPS) is 10.7. The lowest BCUT2D eigenvalue weighted by Gasteiger charge is -2.13. The molecular weight excluding hydrogens is 288 g/mol. The number of aryl methyl sites for hydroxylation is 3. The number of nitrogens with zero attached hydrogens (tertiary/aromatic N) is 2. The number of nitrogens with one attached hydrogen (secondary N) is 2. The number of hydrogen-bond acceptors (Lipinski definition) is 4. The molecule has 0 aliphatic rings. The van der Waals surface area contributed by atoms with Gasteiger partial charge in [-0.15, -0.1) is 0 Å². The molecule has 2 rings (SSSR count). The van der Waals surface area contributed by atoms with Gasteiger partial charge >= 0.3 is 0 Å². The highest BCUT2D eigenvalue weighted by Crippen LogP contribution is 2.23. The van der Waals surface area contributed by atoms with Gasteiger partial charge in [0.25, 0.3) is 5.91 Å². The quantitative estimate of drug-likeness (QED) is 0.886. The van der Waals surface area contributed by atoms with Crippen LogP contribution in [0.3, 0.4) is 0 Å². The van der Waals surface area contributed by atoms with Gasteiger partial charge in [0.05, 0.1) is 0 Å². The van der Waals surface area contributed by atoms with E-state index in [1.165, 1.54) is 0 Å². The molecule has 122 valence electrons. The van der Waals surface area contributed by atoms with Crippen LogP contribution >= 0.6 is 0 Å². The zero-order chi connectivity index (χ0) is 17.0. The van der Waals surface area contributed by atoms with E-state index >= 15 is 0 Å². The van der Waals surface area contributed by atoms with E-state index < -0.39 is 0 Å². The first-order valence-corrected chi connectivity index (χ1v) is 7.84. The maximum Gasteiger partial charge on any atom is 0.270 e. The molecule has 0 spiro atoms. The number of para-hydroxylation sites is 1. The summed E-state index contributed by atoms with van der Waals surface area (Å²) in [7, 11) is 0. The molecular formula is C18H24N4O. The minimum atomic E-state index is -0.172. The number of benzene rings is 1. The van der Waals surface area contributed by atoms with Crippen LogP contribution < -0.4 is 10.6 Å². The summed E-state index contributed by atoms with van der Waals surface area (Å²) in [5, 5.41) is 6.19. The Morgan fingerprint density at radius 1 is 1.13 bits per heavy atom. The summed E-state index contributed by atoms with van der Waals surface area (Å²) in [6, 6.07) is 7.79. The first-order chi connectivity index (χ1) is 10.9. The Morgan fingerprint density at radius 2 is 1.78 bits per heavy atom. The van der Waals surface area contributed by atoms with Gasteiger partial charge in [-0.2, -0.15) is 0 Å². The van der Waals surface area contributed by atoms with Crippen molar-refractivity contribution < 1.29 is 4.79 Å². The predicted octanol–water partition coefficient (Wildman–Crippen LogP) is 3.53. The second kappa shape index (κ2) is 7.22. The van der Waals surface area contributed by atoms with Gasteiger partial charge in [-0.1, -0.05) is 32.0 Å². The number of rotatable bonds is 5. The van der Waals surface area contributed by atoms with E-state index in [2.05, 4.69) is 34.4 Å². The van der Waals surface area contributed by atoms with Gasteiger partial charge < -0.3 is 10.6 Å². The van der Waals surface area contributed by atoms with Crippen LogP contribution in [0.15, 0.2) is 24.3 Å². The van der Waals surface area contributed by atoms with Gasteiger partial charge in [0.15, 0.2) is 0 Å². The Labute approximate surface area is 137 Å². The van der Waals surface area contributed by atoms with E-state index in [4.69, 9.17) is 0 Å². The van der Waals surface area contributed by atoms with Crippen LogP contribution in [0, 0.1) is 26.7 Å². The van der Waals surface area contributed by atoms with Gasteiger partial charge in [0, 0.05) is 18.3 Å². The van der Waals surface area contributed by atoms with Crippen LogP contribution in [0.1, 0.15) is 41.3 Å². The summed E-state index contributed by atoms with van der Waals surface area (Å²) >= 11 is 0. The number of aromatic nitrogens is 2. The lowest BCUT2D eigenvalue weighted by molar-refractivity contribution is 0.0943. The molecule has 1 heterocycles. The zero-order valence-electron chi connectivity index (χ0n) is 14.4. The summed E-state index contributed by atoms with van der Waals surface area (Å²) in [6.07, 6.45) is 0. The van der Waals surface area contributed by atoms with Crippen molar-refractivity contribution in [1.29, 1.82) is 0 Å². The Kier molecular flexibility index (Phi) is 5.32. The Hall–Kier alpha value is -2.43. The fourth-order valence-corrected chi connectivity index (χ4v) is 2.28. The fourth-order valence-electron chi connectivity index (χ4n) is 2.28. The average molecular weight is 312 g/mol. The number of carbonyl (C=O) groups is 1. The molecule has 1 amide bonds. The van der Waals surface area contributed by atoms with Gasteiger partial charge in [-0.3, -0.25) is 4.79 Å². The molecule has 0 fully saturated rings. The summed E-state index contributed by atoms with van der Waals surface area (Å²) in [5.74, 6) is 1.42. The van der Waals surface area contributed by atoms with Crippen molar-refractivity contribution in [2.75, 3.05) is 11.9 Å². The molecule has 0 bridgehead atoms. The third-order valence-corrected chi connectivity index (χ3v) is 3.48. The van der Waals surface area contributed by atoms with E-state index in [0.717, 1.165) is 16.8 Å². The third kappa shape index (κ3) is 4.52. The second-order valence-corrected chi connectivity index (χ2v) is 6.18. The highest BCUT2D eigenvalue weighted by molar-refractivity contribution is 5.93. The van der Waals surface area contributed by atoms with Crippen LogP contribution in [-0.2, 0) is 0 Å². The van der Waals surface area contributed by atoms with Gasteiger partial charge in [0.2, 0.25) is 0 Å². The first kappa shape index (κ1) is 16.9. The lowest BCUT2D eigenvalue weighted by atomic mass is 10.1. The van der Waals surface area contributed by atoms with Crippen LogP contribution in [-0.4, -0.2) is 22.4 Å². The molecule has 2 N–H and O–H groups in total. The monoisotopic (exact) mass is 312 g/mol. The molecule has 0 atom stereocenters. The number of amides is 1. The summed E-state index contributed by atoms with van der Waals surface area (Å²) in [4.78, 5) is 20.8. The average Bonchev–Trinajstić information content (AvgIpc) is 2.48. The van der Waals surface area contributed by atoms with Crippen molar-refractivity contribution in [3.8, 4) is 0 Å². The van der Waals surface area contributed by atoms with Crippen molar-refractivity contribution in [2.24, 2.45) is 5.92 Å². The van der Waals surface area contributed by atoms with Gasteiger partial charge in [-0.25, -0.2) is 9.97 Å². The standard InChI is InChI=1S/C18H24N4O/c1-11(2)10-19-18(23)15-9-16(21-14(5)20-15)22-17-12(3)7-6-8-13(17)4/h6-9,11H,10H2,1-5H3,(H,19,23)(H,20,21,22). The lowest BCUT2D eigenvalue weighted by Crippen LogP contribution is -2.28. The predicted molar refractivity (Wildman–Crippen MR) is 93.1 cm³/mol. The van der Waals surface area contributed by atoms with Gasteiger partial charge in [0.1, 0.15) is 17.3 Å². The van der Waals surface area contributed by atoms with Crippen molar-refractivity contribution in [1.82, 2.24) is 15.3 Å². The second-order valence-electron chi connectivity index (χ2n) is 6.18. The first-order valence-electron chi connectivity index (χ1n) is 7.84. The molecule has 0 unspecified atom stereocenters. The summed E-state index contributed by atoms with van der Waals surface area (Å²) < 4.78 is 0. The molecule has 5 heteroatoms. The van der Waals surface area contributed by atoms with E-state index in [1.807, 2.05) is 32.0 Å². The van der Waals surface area contributed by atoms with Crippen molar-refractivity contribution in [2.45, 2.75) is 34.6 Å². The SMILES string of the molecule is Cc1nc(Nc2c(C)cccc2C)cc(C(=O)NCC(C)C)n1. The smallest absolute Gasteiger partial charge is 0.270 e. The fraction of sp³-hybridized carbons (Fsp3) is 0.389. The van der Waals surface area contributed by atoms with E-state index in [1.54, 1.807) is 13.0 Å². The largest absolute Gasteiger partial charge is 0.350 e. The third-order valence-electron chi connectivity index (χ3n) is 3.48. The van der Waals surface area contributed by atoms with Gasteiger partial charge in [-0.05, 0) is 37.8 Å². The van der Waals surface area contributed by atoms with Crippen molar-refractivity contribution in [3.63, 3.8) is 0 Å². The molecule has 0 aliphatic heterocycles. The molecule has 5 nitrogen and oxygen atoms in total. The van der Waals surface area contributed by atoms with Crippen LogP contribution in [0.5, 0.6) is 0 Å². The zero-order valence-corrected chi connectivity index (χ0v) is 14.4. The molecule has 1 aromatic heterocycles. The number of anilines is 2. The molecule has 0 saturated heterocycles. The molecule has 2 aromatic rings. The van der Waals surface area contributed by atoms with E-state index in [-0.39, 0.29) is 5.91 Å². The molecule has 0 saturated carbocycles. The Balaban J connectivity index is 2.25. The van der Waals surface area contributed by atoms with Crippen molar-refractivity contribution in [3.05, 3.63) is 46.9 Å². The Bertz CT molecular complexity index is 690. The maximum atomic E-state index is 12.2. The minimum absolute atomic E-state index is 0.172. The molecule has 0 radical (unpaired) electrons. The minimum Gasteiger partial charge on any atom is -0.350 e. The maximum absolute atomic E-state index is 12.2. The highest BCUT2D eigenvalue weighted by Gasteiger charge is 2.12. The summed E-state index contributed by atoms with van der Waals surface area (Å²) in [6.45, 7) is 10.6. The summed E-state index contributed by atoms with van der Waals surface area (Å²) in [5.41, 5.74) is 3.66. The number of hydrogen-bond donors (Lipinski definition) is 2. The Morgan fingerprint density at radius 3 is 2.39 bits per heavy atom. The van der Waals surface area contributed by atoms with Crippen LogP contribution in [0.25, 0.3) is 0 Å². The molecule has 0 aliphatic carbocycles. The molecule has 23 heavy (non-hydrogen) atoms. The number of carbonyl (C=O) groups excluding carboxylic acids is 1. The van der Waals surface area contributed by atoms with E-state index in [0.29, 0.717) is 29.8 Å². The highest BCUT2D eigenvalue weighted by atomic mass is 16.1. The van der Waals surface area contributed by atoms with Crippen molar-refractivity contribution >= 4 is 17.4 Å². The van der Waals surface area contributed by atoms with E-state index in [9.17, 15) is 4.79 Å².